The molecule has 0 bridgehead atoms. The summed E-state index contributed by atoms with van der Waals surface area (Å²) in [4.78, 5) is 10.3. The van der Waals surface area contributed by atoms with Crippen molar-refractivity contribution in [1.82, 2.24) is 0 Å². The summed E-state index contributed by atoms with van der Waals surface area (Å²) in [5, 5.41) is 20.6. The molecule has 5 nitrogen and oxygen atoms in total. The van der Waals surface area contributed by atoms with Gasteiger partial charge in [-0.25, -0.2) is 4.42 Å². The van der Waals surface area contributed by atoms with Crippen LogP contribution in [0.3, 0.4) is 0 Å². The van der Waals surface area contributed by atoms with Gasteiger partial charge in [0.05, 0.1) is 21.9 Å². The van der Waals surface area contributed by atoms with Crippen LogP contribution in [-0.2, 0) is 0 Å². The molecule has 0 atom stereocenters. The Labute approximate surface area is 126 Å². The first-order valence-corrected chi connectivity index (χ1v) is 5.94. The Kier molecular flexibility index (Phi) is 4.05. The topological polar surface area (TPSA) is 74.7 Å². The summed E-state index contributed by atoms with van der Waals surface area (Å²) >= 11 is 0. The number of hydrogen-bond donors (Lipinski definition) is 1. The van der Waals surface area contributed by atoms with Crippen molar-refractivity contribution >= 4 is 16.7 Å². The Morgan fingerprint density at radius 2 is 1.71 bits per heavy atom. The first-order chi connectivity index (χ1) is 9.63. The zero-order valence-electron chi connectivity index (χ0n) is 10.7. The van der Waals surface area contributed by atoms with Crippen LogP contribution in [0.25, 0.3) is 22.3 Å². The number of nitro benzene ring substituents is 1. The van der Waals surface area contributed by atoms with E-state index >= 15 is 0 Å². The third-order valence-corrected chi connectivity index (χ3v) is 2.99. The smallest absolute Gasteiger partial charge is 0.361 e. The molecular formula is C15H10ClNO4. The molecule has 6 heteroatoms. The number of aromatic hydroxyl groups is 1. The van der Waals surface area contributed by atoms with Crippen molar-refractivity contribution in [1.29, 1.82) is 0 Å². The zero-order valence-corrected chi connectivity index (χ0v) is 11.4. The van der Waals surface area contributed by atoms with Gasteiger partial charge in [0.2, 0.25) is 0 Å². The summed E-state index contributed by atoms with van der Waals surface area (Å²) in [6.07, 6.45) is 0. The van der Waals surface area contributed by atoms with Crippen LogP contribution in [0, 0.1) is 10.1 Å². The van der Waals surface area contributed by atoms with Gasteiger partial charge in [-0.15, -0.1) is 0 Å². The second-order valence-electron chi connectivity index (χ2n) is 4.33. The van der Waals surface area contributed by atoms with E-state index < -0.39 is 4.92 Å². The highest BCUT2D eigenvalue weighted by atomic mass is 35.5. The number of nitro groups is 1. The highest BCUT2D eigenvalue weighted by molar-refractivity contribution is 5.81. The molecule has 2 aromatic carbocycles. The molecule has 1 N–H and O–H groups in total. The van der Waals surface area contributed by atoms with Crippen LogP contribution in [0.4, 0.5) is 5.69 Å². The molecule has 3 rings (SSSR count). The molecule has 3 aromatic rings. The van der Waals surface area contributed by atoms with Gasteiger partial charge in [-0.3, -0.25) is 10.1 Å². The molecule has 0 spiro atoms. The third kappa shape index (κ3) is 2.93. The second kappa shape index (κ2) is 5.76. The number of fused-ring (bicyclic) bond motifs is 1. The van der Waals surface area contributed by atoms with Crippen molar-refractivity contribution in [2.75, 3.05) is 0 Å². The predicted molar refractivity (Wildman–Crippen MR) is 74.4 cm³/mol. The van der Waals surface area contributed by atoms with Crippen LogP contribution in [0.1, 0.15) is 0 Å². The summed E-state index contributed by atoms with van der Waals surface area (Å²) in [6, 6.07) is 14.6. The maximum absolute atomic E-state index is 10.7. The molecule has 0 amide bonds. The molecule has 1 heterocycles. The molecule has 0 aliphatic heterocycles. The number of halogens is 1. The van der Waals surface area contributed by atoms with Gasteiger partial charge in [0, 0.05) is 18.2 Å². The fraction of sp³-hybridized carbons (Fsp3) is 0. The zero-order chi connectivity index (χ0) is 14.1. The van der Waals surface area contributed by atoms with Crippen LogP contribution in [-0.4, -0.2) is 10.0 Å². The second-order valence-corrected chi connectivity index (χ2v) is 4.33. The number of non-ortho nitro benzene ring substituents is 1. The number of nitrogens with zero attached hydrogens (tertiary/aromatic N) is 1. The average molecular weight is 304 g/mol. The summed E-state index contributed by atoms with van der Waals surface area (Å²) in [5.74, 6) is 0.816. The van der Waals surface area contributed by atoms with Crippen molar-refractivity contribution in [3.8, 4) is 17.1 Å². The van der Waals surface area contributed by atoms with Gasteiger partial charge >= 0.3 is 11.3 Å². The molecule has 21 heavy (non-hydrogen) atoms. The van der Waals surface area contributed by atoms with E-state index in [0.29, 0.717) is 16.7 Å². The lowest BCUT2D eigenvalue weighted by molar-refractivity contribution is -0.384. The van der Waals surface area contributed by atoms with Gasteiger partial charge in [-0.05, 0) is 30.3 Å². The quantitative estimate of drug-likeness (QED) is 0.435. The van der Waals surface area contributed by atoms with Crippen LogP contribution in [0.5, 0.6) is 5.75 Å². The Hall–Kier alpha value is -2.66. The predicted octanol–water partition coefficient (Wildman–Crippen LogP) is 0.999. The SMILES string of the molecule is O=[N+]([O-])c1ccc2[o+]c(-c3ccc(O)cc3)ccc2c1.[Cl-]. The van der Waals surface area contributed by atoms with E-state index in [-0.39, 0.29) is 23.8 Å². The van der Waals surface area contributed by atoms with Crippen LogP contribution in [0.15, 0.2) is 59.0 Å². The van der Waals surface area contributed by atoms with Gasteiger partial charge in [-0.2, -0.15) is 0 Å². The minimum absolute atomic E-state index is 0. The third-order valence-electron chi connectivity index (χ3n) is 2.99. The van der Waals surface area contributed by atoms with Gasteiger partial charge in [0.1, 0.15) is 5.75 Å². The normalized spacial score (nSPS) is 10.1. The van der Waals surface area contributed by atoms with E-state index in [0.717, 1.165) is 5.56 Å². The number of phenols is 1. The summed E-state index contributed by atoms with van der Waals surface area (Å²) in [6.45, 7) is 0. The highest BCUT2D eigenvalue weighted by Gasteiger charge is 2.17. The average Bonchev–Trinajstić information content (AvgIpc) is 2.47. The molecule has 0 aliphatic carbocycles. The summed E-state index contributed by atoms with van der Waals surface area (Å²) in [7, 11) is 0. The maximum Gasteiger partial charge on any atom is 0.361 e. The van der Waals surface area contributed by atoms with Crippen LogP contribution >= 0.6 is 0 Å². The molecule has 106 valence electrons. The van der Waals surface area contributed by atoms with Gasteiger partial charge < -0.3 is 17.5 Å². The van der Waals surface area contributed by atoms with Crippen molar-refractivity contribution in [2.45, 2.75) is 0 Å². The minimum atomic E-state index is -0.437. The van der Waals surface area contributed by atoms with Crippen LogP contribution < -0.4 is 12.4 Å². The molecule has 0 aliphatic rings. The molecule has 0 fully saturated rings. The highest BCUT2D eigenvalue weighted by Crippen LogP contribution is 2.27. The van der Waals surface area contributed by atoms with E-state index in [1.807, 2.05) is 0 Å². The number of hydrogen-bond acceptors (Lipinski definition) is 3. The number of benzene rings is 2. The van der Waals surface area contributed by atoms with Gasteiger partial charge in [0.15, 0.2) is 0 Å². The van der Waals surface area contributed by atoms with E-state index in [1.54, 1.807) is 42.5 Å². The van der Waals surface area contributed by atoms with E-state index in [2.05, 4.69) is 0 Å². The fourth-order valence-electron chi connectivity index (χ4n) is 1.97. The lowest BCUT2D eigenvalue weighted by Gasteiger charge is -1.95. The molecular weight excluding hydrogens is 294 g/mol. The standard InChI is InChI=1S/C15H9NO4.ClH/c17-13-5-1-10(2-6-13)14-7-3-11-9-12(16(18)19)4-8-15(11)20-14;/h1-9H;1H. The molecule has 0 radical (unpaired) electrons. The van der Waals surface area contributed by atoms with E-state index in [4.69, 9.17) is 4.42 Å². The minimum Gasteiger partial charge on any atom is -1.00 e. The van der Waals surface area contributed by atoms with E-state index in [9.17, 15) is 15.2 Å². The molecule has 0 saturated carbocycles. The Morgan fingerprint density at radius 1 is 1.00 bits per heavy atom. The Bertz CT molecular complexity index is 802. The monoisotopic (exact) mass is 303 g/mol. The molecule has 0 saturated heterocycles. The first kappa shape index (κ1) is 14.7. The van der Waals surface area contributed by atoms with Crippen molar-refractivity contribution in [3.63, 3.8) is 0 Å². The number of phenolic OH excluding ortho intramolecular Hbond substituents is 1. The largest absolute Gasteiger partial charge is 1.00 e. The van der Waals surface area contributed by atoms with E-state index in [1.165, 1.54) is 12.1 Å². The van der Waals surface area contributed by atoms with Crippen LogP contribution in [0.2, 0.25) is 0 Å². The van der Waals surface area contributed by atoms with Gasteiger partial charge in [-0.1, -0.05) is 0 Å². The van der Waals surface area contributed by atoms with Crippen molar-refractivity contribution in [2.24, 2.45) is 0 Å². The first-order valence-electron chi connectivity index (χ1n) is 5.94. The molecule has 1 aromatic heterocycles. The summed E-state index contributed by atoms with van der Waals surface area (Å²) in [5.41, 5.74) is 1.43. The van der Waals surface area contributed by atoms with Crippen molar-refractivity contribution < 1.29 is 26.9 Å². The van der Waals surface area contributed by atoms with Crippen molar-refractivity contribution in [3.05, 3.63) is 64.7 Å². The van der Waals surface area contributed by atoms with Gasteiger partial charge in [0.25, 0.3) is 5.69 Å². The fourth-order valence-corrected chi connectivity index (χ4v) is 1.97. The number of rotatable bonds is 2. The molecule has 0 unspecified atom stereocenters. The summed E-state index contributed by atoms with van der Waals surface area (Å²) < 4.78 is 5.72. The Morgan fingerprint density at radius 3 is 2.38 bits per heavy atom. The lowest BCUT2D eigenvalue weighted by Crippen LogP contribution is -3.00. The lowest BCUT2D eigenvalue weighted by atomic mass is 10.1. The maximum atomic E-state index is 10.7. The Balaban J connectivity index is 0.00000161.